The van der Waals surface area contributed by atoms with Crippen LogP contribution in [0.25, 0.3) is 0 Å². The van der Waals surface area contributed by atoms with Crippen molar-refractivity contribution in [2.24, 2.45) is 0 Å². The minimum absolute atomic E-state index is 0.782. The second kappa shape index (κ2) is 5.10. The van der Waals surface area contributed by atoms with Crippen LogP contribution in [0.15, 0.2) is 24.5 Å². The monoisotopic (exact) mass is 230 g/mol. The number of nitrogens with one attached hydrogen (secondary N) is 1. The van der Waals surface area contributed by atoms with Crippen LogP contribution in [0.5, 0.6) is 0 Å². The fraction of sp³-hybridized carbons (Fsp3) is 0.385. The molecule has 0 aliphatic heterocycles. The topological polar surface area (TPSA) is 42.7 Å². The van der Waals surface area contributed by atoms with Crippen molar-refractivity contribution in [2.75, 3.05) is 7.05 Å². The van der Waals surface area contributed by atoms with Gasteiger partial charge in [0.1, 0.15) is 0 Å². The highest BCUT2D eigenvalue weighted by molar-refractivity contribution is 5.25. The molecule has 0 radical (unpaired) electrons. The molecule has 0 bridgehead atoms. The standard InChI is InChI=1S/C13H18N4/c1-10-13(8-14-3)11(2)17(16-10)9-12-5-4-6-15-7-12/h4-7,14H,8-9H2,1-3H3. The van der Waals surface area contributed by atoms with Crippen LogP contribution in [0.1, 0.15) is 22.5 Å². The van der Waals surface area contributed by atoms with Gasteiger partial charge in [-0.15, -0.1) is 0 Å². The summed E-state index contributed by atoms with van der Waals surface area (Å²) in [6, 6.07) is 4.02. The summed E-state index contributed by atoms with van der Waals surface area (Å²) in [5.74, 6) is 0. The van der Waals surface area contributed by atoms with Crippen molar-refractivity contribution < 1.29 is 0 Å². The molecule has 90 valence electrons. The molecule has 0 fully saturated rings. The summed E-state index contributed by atoms with van der Waals surface area (Å²) in [7, 11) is 1.96. The number of hydrogen-bond donors (Lipinski definition) is 1. The van der Waals surface area contributed by atoms with Crippen molar-refractivity contribution in [1.29, 1.82) is 0 Å². The van der Waals surface area contributed by atoms with Crippen molar-refractivity contribution in [1.82, 2.24) is 20.1 Å². The predicted molar refractivity (Wildman–Crippen MR) is 67.8 cm³/mol. The van der Waals surface area contributed by atoms with E-state index in [0.29, 0.717) is 0 Å². The maximum Gasteiger partial charge on any atom is 0.0677 e. The van der Waals surface area contributed by atoms with Crippen LogP contribution in [0.2, 0.25) is 0 Å². The third kappa shape index (κ3) is 2.53. The molecular formula is C13H18N4. The number of hydrogen-bond acceptors (Lipinski definition) is 3. The zero-order valence-electron chi connectivity index (χ0n) is 10.6. The zero-order valence-corrected chi connectivity index (χ0v) is 10.6. The van der Waals surface area contributed by atoms with Crippen LogP contribution >= 0.6 is 0 Å². The number of aromatic nitrogens is 3. The van der Waals surface area contributed by atoms with Crippen molar-refractivity contribution >= 4 is 0 Å². The highest BCUT2D eigenvalue weighted by Gasteiger charge is 2.10. The first kappa shape index (κ1) is 11.8. The maximum atomic E-state index is 4.57. The summed E-state index contributed by atoms with van der Waals surface area (Å²) < 4.78 is 2.04. The Hall–Kier alpha value is -1.68. The van der Waals surface area contributed by atoms with E-state index < -0.39 is 0 Å². The summed E-state index contributed by atoms with van der Waals surface area (Å²) >= 11 is 0. The van der Waals surface area contributed by atoms with E-state index in [-0.39, 0.29) is 0 Å². The Morgan fingerprint density at radius 2 is 2.18 bits per heavy atom. The van der Waals surface area contributed by atoms with Crippen LogP contribution in [0, 0.1) is 13.8 Å². The van der Waals surface area contributed by atoms with Gasteiger partial charge < -0.3 is 5.32 Å². The molecule has 2 aromatic heterocycles. The summed E-state index contributed by atoms with van der Waals surface area (Å²) in [6.07, 6.45) is 3.67. The Morgan fingerprint density at radius 1 is 1.35 bits per heavy atom. The van der Waals surface area contributed by atoms with Gasteiger partial charge in [-0.1, -0.05) is 6.07 Å². The number of aryl methyl sites for hydroxylation is 1. The number of pyridine rings is 1. The van der Waals surface area contributed by atoms with Crippen LogP contribution in [0.3, 0.4) is 0 Å². The second-order valence-corrected chi connectivity index (χ2v) is 4.20. The normalized spacial score (nSPS) is 10.8. The molecule has 0 saturated carbocycles. The minimum Gasteiger partial charge on any atom is -0.316 e. The van der Waals surface area contributed by atoms with Gasteiger partial charge in [0.05, 0.1) is 12.2 Å². The smallest absolute Gasteiger partial charge is 0.0677 e. The molecule has 0 unspecified atom stereocenters. The lowest BCUT2D eigenvalue weighted by molar-refractivity contribution is 0.655. The molecule has 17 heavy (non-hydrogen) atoms. The largest absolute Gasteiger partial charge is 0.316 e. The van der Waals surface area contributed by atoms with Gasteiger partial charge in [-0.2, -0.15) is 5.10 Å². The lowest BCUT2D eigenvalue weighted by Gasteiger charge is -2.05. The van der Waals surface area contributed by atoms with Gasteiger partial charge in [-0.05, 0) is 32.5 Å². The lowest BCUT2D eigenvalue weighted by Crippen LogP contribution is -2.08. The lowest BCUT2D eigenvalue weighted by atomic mass is 10.2. The molecule has 0 saturated heterocycles. The number of rotatable bonds is 4. The average molecular weight is 230 g/mol. The molecule has 0 aromatic carbocycles. The molecule has 4 heteroatoms. The Kier molecular flexibility index (Phi) is 3.54. The van der Waals surface area contributed by atoms with E-state index in [2.05, 4.69) is 35.3 Å². The van der Waals surface area contributed by atoms with E-state index >= 15 is 0 Å². The van der Waals surface area contributed by atoms with E-state index in [9.17, 15) is 0 Å². The van der Waals surface area contributed by atoms with Crippen LogP contribution in [-0.4, -0.2) is 21.8 Å². The third-order valence-corrected chi connectivity index (χ3v) is 2.94. The Balaban J connectivity index is 2.25. The van der Waals surface area contributed by atoms with E-state index in [0.717, 1.165) is 18.8 Å². The van der Waals surface area contributed by atoms with Gasteiger partial charge in [0, 0.05) is 30.2 Å². The molecule has 0 atom stereocenters. The van der Waals surface area contributed by atoms with E-state index in [1.165, 1.54) is 16.8 Å². The fourth-order valence-corrected chi connectivity index (χ4v) is 1.99. The zero-order chi connectivity index (χ0) is 12.3. The van der Waals surface area contributed by atoms with Crippen LogP contribution < -0.4 is 5.32 Å². The molecule has 0 aliphatic rings. The minimum atomic E-state index is 0.782. The molecule has 2 aromatic rings. The van der Waals surface area contributed by atoms with E-state index in [4.69, 9.17) is 0 Å². The van der Waals surface area contributed by atoms with Crippen LogP contribution in [0.4, 0.5) is 0 Å². The number of nitrogens with zero attached hydrogens (tertiary/aromatic N) is 3. The molecule has 0 amide bonds. The molecular weight excluding hydrogens is 212 g/mol. The summed E-state index contributed by atoms with van der Waals surface area (Å²) in [6.45, 7) is 5.82. The maximum absolute atomic E-state index is 4.57. The molecule has 0 aliphatic carbocycles. The molecule has 0 spiro atoms. The Bertz CT molecular complexity index is 488. The summed E-state index contributed by atoms with van der Waals surface area (Å²) in [5, 5.41) is 7.75. The van der Waals surface area contributed by atoms with Crippen molar-refractivity contribution in [2.45, 2.75) is 26.9 Å². The van der Waals surface area contributed by atoms with Crippen molar-refractivity contribution in [3.63, 3.8) is 0 Å². The average Bonchev–Trinajstić information content (AvgIpc) is 2.59. The fourth-order valence-electron chi connectivity index (χ4n) is 1.99. The molecule has 1 N–H and O–H groups in total. The summed E-state index contributed by atoms with van der Waals surface area (Å²) in [4.78, 5) is 4.12. The summed E-state index contributed by atoms with van der Waals surface area (Å²) in [5.41, 5.74) is 4.78. The van der Waals surface area contributed by atoms with Gasteiger partial charge in [-0.25, -0.2) is 0 Å². The quantitative estimate of drug-likeness (QED) is 0.868. The third-order valence-electron chi connectivity index (χ3n) is 2.94. The Morgan fingerprint density at radius 3 is 2.82 bits per heavy atom. The van der Waals surface area contributed by atoms with Gasteiger partial charge in [-0.3, -0.25) is 9.67 Å². The van der Waals surface area contributed by atoms with E-state index in [1.807, 2.05) is 24.0 Å². The SMILES string of the molecule is CNCc1c(C)nn(Cc2cccnc2)c1C. The van der Waals surface area contributed by atoms with Gasteiger partial charge in [0.2, 0.25) is 0 Å². The first-order valence-corrected chi connectivity index (χ1v) is 5.78. The highest BCUT2D eigenvalue weighted by Crippen LogP contribution is 2.14. The van der Waals surface area contributed by atoms with E-state index in [1.54, 1.807) is 6.20 Å². The van der Waals surface area contributed by atoms with Gasteiger partial charge in [0.25, 0.3) is 0 Å². The molecule has 2 heterocycles. The molecule has 2 rings (SSSR count). The molecule has 4 nitrogen and oxygen atoms in total. The Labute approximate surface area is 102 Å². The van der Waals surface area contributed by atoms with Gasteiger partial charge in [0.15, 0.2) is 0 Å². The first-order valence-electron chi connectivity index (χ1n) is 5.78. The first-order chi connectivity index (χ1) is 8.22. The van der Waals surface area contributed by atoms with Crippen molar-refractivity contribution in [3.05, 3.63) is 47.0 Å². The highest BCUT2D eigenvalue weighted by atomic mass is 15.3. The van der Waals surface area contributed by atoms with Gasteiger partial charge >= 0.3 is 0 Å². The van der Waals surface area contributed by atoms with Crippen LogP contribution in [-0.2, 0) is 13.1 Å². The second-order valence-electron chi connectivity index (χ2n) is 4.20. The predicted octanol–water partition coefficient (Wildman–Crippen LogP) is 1.66. The van der Waals surface area contributed by atoms with Crippen molar-refractivity contribution in [3.8, 4) is 0 Å².